The van der Waals surface area contributed by atoms with Crippen LogP contribution in [0.4, 0.5) is 0 Å². The van der Waals surface area contributed by atoms with Gasteiger partial charge >= 0.3 is 0 Å². The van der Waals surface area contributed by atoms with Crippen molar-refractivity contribution in [1.82, 2.24) is 30.1 Å². The topological polar surface area (TPSA) is 79.7 Å². The lowest BCUT2D eigenvalue weighted by Gasteiger charge is -2.32. The molecule has 39 heavy (non-hydrogen) atoms. The summed E-state index contributed by atoms with van der Waals surface area (Å²) < 4.78 is 1.96. The molecule has 1 saturated carbocycles. The van der Waals surface area contributed by atoms with Crippen molar-refractivity contribution in [2.45, 2.75) is 57.8 Å². The van der Waals surface area contributed by atoms with Crippen molar-refractivity contribution < 1.29 is 0 Å². The third-order valence-electron chi connectivity index (χ3n) is 7.77. The fraction of sp³-hybridized carbons (Fsp3) is 0.290. The van der Waals surface area contributed by atoms with Crippen LogP contribution in [0, 0.1) is 6.92 Å². The average Bonchev–Trinajstić information content (AvgIpc) is 3.64. The van der Waals surface area contributed by atoms with E-state index < -0.39 is 6.04 Å². The number of hydrogen-bond donors (Lipinski definition) is 1. The fourth-order valence-electron chi connectivity index (χ4n) is 5.79. The Hall–Kier alpha value is -3.81. The number of H-pyrrole nitrogens is 1. The van der Waals surface area contributed by atoms with E-state index in [4.69, 9.17) is 11.6 Å². The highest BCUT2D eigenvalue weighted by molar-refractivity contribution is 6.31. The first-order valence-electron chi connectivity index (χ1n) is 13.5. The van der Waals surface area contributed by atoms with Gasteiger partial charge in [0.2, 0.25) is 0 Å². The van der Waals surface area contributed by atoms with Crippen LogP contribution in [0.1, 0.15) is 65.8 Å². The van der Waals surface area contributed by atoms with Crippen LogP contribution in [0.5, 0.6) is 0 Å². The van der Waals surface area contributed by atoms with Crippen molar-refractivity contribution in [3.63, 3.8) is 0 Å². The molecule has 3 aromatic carbocycles. The number of fused-ring (bicyclic) bond motifs is 1. The van der Waals surface area contributed by atoms with Crippen molar-refractivity contribution in [3.05, 3.63) is 122 Å². The second-order valence-corrected chi connectivity index (χ2v) is 10.8. The molecule has 0 radical (unpaired) electrons. The van der Waals surface area contributed by atoms with E-state index in [-0.39, 0.29) is 11.6 Å². The van der Waals surface area contributed by atoms with Gasteiger partial charge in [0.25, 0.3) is 5.56 Å². The number of para-hydroxylation sites is 1. The Kier molecular flexibility index (Phi) is 7.26. The van der Waals surface area contributed by atoms with Gasteiger partial charge in [-0.05, 0) is 64.4 Å². The minimum atomic E-state index is -0.495. The van der Waals surface area contributed by atoms with Crippen molar-refractivity contribution in [2.75, 3.05) is 0 Å². The van der Waals surface area contributed by atoms with Gasteiger partial charge in [-0.15, -0.1) is 5.10 Å². The molecule has 0 saturated heterocycles. The summed E-state index contributed by atoms with van der Waals surface area (Å²) in [5.41, 5.74) is 4.46. The van der Waals surface area contributed by atoms with Gasteiger partial charge in [-0.25, -0.2) is 4.68 Å². The number of halogens is 1. The van der Waals surface area contributed by atoms with Crippen molar-refractivity contribution in [2.24, 2.45) is 0 Å². The SMILES string of the molecule is Cc1cccc2cc([C@H](c3nnnn3C3CCCC3)N(Cc3ccccc3)Cc3ccccc3Cl)c(=O)[nH]c12. The molecule has 7 nitrogen and oxygen atoms in total. The number of aromatic amines is 1. The van der Waals surface area contributed by atoms with Gasteiger partial charge in [0.1, 0.15) is 6.04 Å². The summed E-state index contributed by atoms with van der Waals surface area (Å²) in [6, 6.07) is 25.9. The zero-order chi connectivity index (χ0) is 26.8. The normalized spacial score (nSPS) is 14.8. The molecule has 1 aliphatic carbocycles. The van der Waals surface area contributed by atoms with Gasteiger partial charge in [0.15, 0.2) is 5.82 Å². The zero-order valence-corrected chi connectivity index (χ0v) is 22.7. The third kappa shape index (κ3) is 5.24. The van der Waals surface area contributed by atoms with Crippen LogP contribution < -0.4 is 5.56 Å². The maximum Gasteiger partial charge on any atom is 0.253 e. The number of benzene rings is 3. The fourth-order valence-corrected chi connectivity index (χ4v) is 5.99. The monoisotopic (exact) mass is 538 g/mol. The molecular formula is C31H31ClN6O. The molecule has 1 aliphatic rings. The lowest BCUT2D eigenvalue weighted by Crippen LogP contribution is -2.35. The highest BCUT2D eigenvalue weighted by Gasteiger charge is 2.33. The first-order chi connectivity index (χ1) is 19.1. The number of tetrazole rings is 1. The minimum absolute atomic E-state index is 0.139. The van der Waals surface area contributed by atoms with Gasteiger partial charge in [0, 0.05) is 23.7 Å². The van der Waals surface area contributed by atoms with Gasteiger partial charge in [-0.2, -0.15) is 0 Å². The second kappa shape index (κ2) is 11.1. The molecule has 1 N–H and O–H groups in total. The van der Waals surface area contributed by atoms with Crippen LogP contribution in [0.25, 0.3) is 10.9 Å². The number of rotatable bonds is 8. The molecular weight excluding hydrogens is 508 g/mol. The minimum Gasteiger partial charge on any atom is -0.321 e. The Morgan fingerprint density at radius 3 is 2.56 bits per heavy atom. The number of aromatic nitrogens is 5. The Bertz CT molecular complexity index is 1640. The summed E-state index contributed by atoms with van der Waals surface area (Å²) in [7, 11) is 0. The van der Waals surface area contributed by atoms with E-state index in [1.54, 1.807) is 0 Å². The molecule has 0 aliphatic heterocycles. The van der Waals surface area contributed by atoms with Crippen LogP contribution in [-0.2, 0) is 13.1 Å². The van der Waals surface area contributed by atoms with E-state index in [0.717, 1.165) is 53.3 Å². The highest BCUT2D eigenvalue weighted by Crippen LogP contribution is 2.35. The number of pyridine rings is 1. The van der Waals surface area contributed by atoms with Crippen LogP contribution in [-0.4, -0.2) is 30.1 Å². The summed E-state index contributed by atoms with van der Waals surface area (Å²) in [5, 5.41) is 14.8. The molecule has 0 amide bonds. The first-order valence-corrected chi connectivity index (χ1v) is 13.9. The van der Waals surface area contributed by atoms with Gasteiger partial charge < -0.3 is 4.98 Å². The predicted molar refractivity (Wildman–Crippen MR) is 154 cm³/mol. The lowest BCUT2D eigenvalue weighted by molar-refractivity contribution is 0.190. The lowest BCUT2D eigenvalue weighted by atomic mass is 10.00. The van der Waals surface area contributed by atoms with E-state index in [1.807, 2.05) is 78.3 Å². The number of nitrogens with zero attached hydrogens (tertiary/aromatic N) is 5. The number of aryl methyl sites for hydroxylation is 1. The largest absolute Gasteiger partial charge is 0.321 e. The highest BCUT2D eigenvalue weighted by atomic mass is 35.5. The van der Waals surface area contributed by atoms with Gasteiger partial charge in [0.05, 0.1) is 11.6 Å². The summed E-state index contributed by atoms with van der Waals surface area (Å²) in [5.74, 6) is 0.683. The molecule has 0 unspecified atom stereocenters. The van der Waals surface area contributed by atoms with E-state index in [2.05, 4.69) is 37.5 Å². The predicted octanol–water partition coefficient (Wildman–Crippen LogP) is 6.38. The van der Waals surface area contributed by atoms with Crippen molar-refractivity contribution in [1.29, 1.82) is 0 Å². The number of hydrogen-bond acceptors (Lipinski definition) is 5. The van der Waals surface area contributed by atoms with Crippen LogP contribution >= 0.6 is 11.6 Å². The van der Waals surface area contributed by atoms with E-state index >= 15 is 0 Å². The zero-order valence-electron chi connectivity index (χ0n) is 21.9. The third-order valence-corrected chi connectivity index (χ3v) is 8.14. The molecule has 2 heterocycles. The summed E-state index contributed by atoms with van der Waals surface area (Å²) in [6.07, 6.45) is 4.36. The van der Waals surface area contributed by atoms with Crippen molar-refractivity contribution in [3.8, 4) is 0 Å². The van der Waals surface area contributed by atoms with E-state index in [1.165, 1.54) is 0 Å². The van der Waals surface area contributed by atoms with Gasteiger partial charge in [-0.3, -0.25) is 9.69 Å². The quantitative estimate of drug-likeness (QED) is 0.248. The molecule has 6 rings (SSSR count). The molecule has 198 valence electrons. The molecule has 5 aromatic rings. The second-order valence-electron chi connectivity index (χ2n) is 10.4. The summed E-state index contributed by atoms with van der Waals surface area (Å²) in [4.78, 5) is 19.3. The maximum absolute atomic E-state index is 13.8. The van der Waals surface area contributed by atoms with Crippen LogP contribution in [0.2, 0.25) is 5.02 Å². The molecule has 1 atom stereocenters. The van der Waals surface area contributed by atoms with Crippen LogP contribution in [0.3, 0.4) is 0 Å². The smallest absolute Gasteiger partial charge is 0.253 e. The van der Waals surface area contributed by atoms with E-state index in [0.29, 0.717) is 29.5 Å². The molecule has 2 aromatic heterocycles. The molecule has 0 spiro atoms. The Morgan fingerprint density at radius 2 is 1.77 bits per heavy atom. The molecule has 0 bridgehead atoms. The standard InChI is InChI=1S/C31H31ClN6O/c1-21-10-9-14-23-18-26(31(39)33-28(21)23)29(30-34-35-36-38(30)25-15-6-7-16-25)37(19-22-11-3-2-4-12-22)20-24-13-5-8-17-27(24)32/h2-5,8-14,17-18,25,29H,6-7,15-16,19-20H2,1H3,(H,33,39)/t29-/m1/s1. The molecule has 8 heteroatoms. The van der Waals surface area contributed by atoms with Crippen molar-refractivity contribution >= 4 is 22.5 Å². The summed E-state index contributed by atoms with van der Waals surface area (Å²) in [6.45, 7) is 3.11. The average molecular weight is 539 g/mol. The summed E-state index contributed by atoms with van der Waals surface area (Å²) >= 11 is 6.67. The van der Waals surface area contributed by atoms with E-state index in [9.17, 15) is 4.79 Å². The first kappa shape index (κ1) is 25.5. The van der Waals surface area contributed by atoms with Crippen LogP contribution in [0.15, 0.2) is 83.7 Å². The Labute approximate surface area is 232 Å². The Morgan fingerprint density at radius 1 is 1.00 bits per heavy atom. The maximum atomic E-state index is 13.8. The van der Waals surface area contributed by atoms with Gasteiger partial charge in [-0.1, -0.05) is 91.2 Å². The molecule has 1 fully saturated rings. The number of nitrogens with one attached hydrogen (secondary N) is 1. The Balaban J connectivity index is 1.55.